The molecule has 2 aliphatic heterocycles. The molecule has 3 atom stereocenters. The highest BCUT2D eigenvalue weighted by atomic mass is 16.5. The molecule has 0 unspecified atom stereocenters. The van der Waals surface area contributed by atoms with Crippen molar-refractivity contribution in [2.45, 2.75) is 31.7 Å². The number of carbonyl (C=O) groups excluding carboxylic acids is 2. The summed E-state index contributed by atoms with van der Waals surface area (Å²) in [6.45, 7) is 1.34. The molecule has 4 rings (SSSR count). The van der Waals surface area contributed by atoms with E-state index in [1.165, 1.54) is 10.5 Å². The molecule has 5 nitrogen and oxygen atoms in total. The zero-order valence-corrected chi connectivity index (χ0v) is 14.6. The summed E-state index contributed by atoms with van der Waals surface area (Å²) in [6, 6.07) is 8.36. The largest absolute Gasteiger partial charge is 0.497 e. The molecule has 2 heterocycles. The fourth-order valence-electron chi connectivity index (χ4n) is 4.39. The van der Waals surface area contributed by atoms with Crippen LogP contribution < -0.4 is 4.74 Å². The molecule has 0 bridgehead atoms. The number of allylic oxidation sites excluding steroid dienone is 2. The first-order valence-electron chi connectivity index (χ1n) is 9.07. The molecule has 0 saturated carbocycles. The third-order valence-electron chi connectivity index (χ3n) is 5.79. The number of rotatable bonds is 4. The number of imide groups is 1. The molecule has 132 valence electrons. The second-order valence-electron chi connectivity index (χ2n) is 7.15. The van der Waals surface area contributed by atoms with Crippen molar-refractivity contribution in [3.05, 3.63) is 42.0 Å². The Morgan fingerprint density at radius 3 is 2.28 bits per heavy atom. The summed E-state index contributed by atoms with van der Waals surface area (Å²) in [4.78, 5) is 29.2. The molecule has 5 heteroatoms. The van der Waals surface area contributed by atoms with Crippen LogP contribution in [0.1, 0.15) is 37.3 Å². The number of hydrogen-bond donors (Lipinski definition) is 0. The van der Waals surface area contributed by atoms with Gasteiger partial charge in [-0.25, -0.2) is 0 Å². The van der Waals surface area contributed by atoms with E-state index in [4.69, 9.17) is 4.74 Å². The Morgan fingerprint density at radius 1 is 1.04 bits per heavy atom. The molecule has 0 radical (unpaired) electrons. The average molecular weight is 340 g/mol. The van der Waals surface area contributed by atoms with Gasteiger partial charge in [-0.15, -0.1) is 0 Å². The molecule has 2 saturated heterocycles. The number of ether oxygens (including phenoxy) is 1. The van der Waals surface area contributed by atoms with Crippen LogP contribution in [0.25, 0.3) is 0 Å². The van der Waals surface area contributed by atoms with Crippen LogP contribution in [-0.4, -0.2) is 41.9 Å². The monoisotopic (exact) mass is 340 g/mol. The van der Waals surface area contributed by atoms with Crippen molar-refractivity contribution in [3.8, 4) is 5.75 Å². The third-order valence-corrected chi connectivity index (χ3v) is 5.79. The van der Waals surface area contributed by atoms with Crippen molar-refractivity contribution in [2.24, 2.45) is 11.8 Å². The summed E-state index contributed by atoms with van der Waals surface area (Å²) >= 11 is 0. The SMILES string of the molecule is COc1ccc([C@H]2CCCN2CN2C(=O)[C@H]3CC=CC[C@H]3C2=O)cc1. The Balaban J connectivity index is 1.49. The van der Waals surface area contributed by atoms with Gasteiger partial charge in [0.2, 0.25) is 11.8 Å². The van der Waals surface area contributed by atoms with Gasteiger partial charge in [-0.05, 0) is 43.4 Å². The number of fused-ring (bicyclic) bond motifs is 1. The first kappa shape index (κ1) is 16.3. The standard InChI is InChI=1S/C20H24N2O3/c1-25-15-10-8-14(9-11-15)18-7-4-12-21(18)13-22-19(23)16-5-2-3-6-17(16)20(22)24/h2-3,8-11,16-18H,4-7,12-13H2,1H3/t16-,17+,18-/m1/s1. The minimum absolute atomic E-state index is 0.0136. The maximum atomic E-state index is 12.7. The van der Waals surface area contributed by atoms with E-state index in [1.807, 2.05) is 24.3 Å². The molecule has 1 aromatic carbocycles. The van der Waals surface area contributed by atoms with Gasteiger partial charge in [0.1, 0.15) is 5.75 Å². The van der Waals surface area contributed by atoms with Crippen LogP contribution in [0.3, 0.4) is 0 Å². The number of amides is 2. The lowest BCUT2D eigenvalue weighted by molar-refractivity contribution is -0.142. The van der Waals surface area contributed by atoms with Crippen molar-refractivity contribution in [1.82, 2.24) is 9.80 Å². The van der Waals surface area contributed by atoms with Crippen molar-refractivity contribution in [1.29, 1.82) is 0 Å². The number of methoxy groups -OCH3 is 1. The number of carbonyl (C=O) groups is 2. The van der Waals surface area contributed by atoms with E-state index in [2.05, 4.69) is 17.0 Å². The maximum absolute atomic E-state index is 12.7. The fraction of sp³-hybridized carbons (Fsp3) is 0.500. The van der Waals surface area contributed by atoms with Crippen molar-refractivity contribution >= 4 is 11.8 Å². The van der Waals surface area contributed by atoms with Gasteiger partial charge in [0, 0.05) is 12.6 Å². The minimum atomic E-state index is -0.139. The highest BCUT2D eigenvalue weighted by Gasteiger charge is 2.48. The van der Waals surface area contributed by atoms with Crippen LogP contribution in [0.5, 0.6) is 5.75 Å². The van der Waals surface area contributed by atoms with Gasteiger partial charge in [0.25, 0.3) is 0 Å². The molecule has 0 aromatic heterocycles. The van der Waals surface area contributed by atoms with Gasteiger partial charge < -0.3 is 4.74 Å². The molecule has 2 fully saturated rings. The molecule has 0 N–H and O–H groups in total. The van der Waals surface area contributed by atoms with Gasteiger partial charge in [-0.2, -0.15) is 0 Å². The second kappa shape index (κ2) is 6.64. The number of nitrogens with zero attached hydrogens (tertiary/aromatic N) is 2. The Bertz CT molecular complexity index is 671. The fourth-order valence-corrected chi connectivity index (χ4v) is 4.39. The first-order chi connectivity index (χ1) is 12.2. The molecule has 1 aliphatic carbocycles. The quantitative estimate of drug-likeness (QED) is 0.625. The van der Waals surface area contributed by atoms with Crippen LogP contribution >= 0.6 is 0 Å². The second-order valence-corrected chi connectivity index (χ2v) is 7.15. The van der Waals surface area contributed by atoms with Gasteiger partial charge in [-0.1, -0.05) is 24.3 Å². The molecule has 1 aromatic rings. The summed E-state index contributed by atoms with van der Waals surface area (Å²) in [5, 5.41) is 0. The highest BCUT2D eigenvalue weighted by molar-refractivity contribution is 6.05. The van der Waals surface area contributed by atoms with E-state index in [0.717, 1.165) is 25.1 Å². The molecule has 2 amide bonds. The minimum Gasteiger partial charge on any atom is -0.497 e. The lowest BCUT2D eigenvalue weighted by Crippen LogP contribution is -2.41. The van der Waals surface area contributed by atoms with E-state index in [-0.39, 0.29) is 29.7 Å². The number of likely N-dealkylation sites (tertiary alicyclic amines) is 2. The molecule has 25 heavy (non-hydrogen) atoms. The number of benzene rings is 1. The molecule has 0 spiro atoms. The van der Waals surface area contributed by atoms with E-state index >= 15 is 0 Å². The average Bonchev–Trinajstić information content (AvgIpc) is 3.21. The highest BCUT2D eigenvalue weighted by Crippen LogP contribution is 2.38. The Hall–Kier alpha value is -2.14. The predicted molar refractivity (Wildman–Crippen MR) is 93.7 cm³/mol. The third kappa shape index (κ3) is 2.86. The van der Waals surface area contributed by atoms with E-state index in [1.54, 1.807) is 7.11 Å². The maximum Gasteiger partial charge on any atom is 0.234 e. The van der Waals surface area contributed by atoms with Gasteiger partial charge in [-0.3, -0.25) is 19.4 Å². The lowest BCUT2D eigenvalue weighted by atomic mass is 9.85. The topological polar surface area (TPSA) is 49.9 Å². The van der Waals surface area contributed by atoms with E-state index < -0.39 is 0 Å². The summed E-state index contributed by atoms with van der Waals surface area (Å²) in [7, 11) is 1.66. The zero-order chi connectivity index (χ0) is 17.4. The van der Waals surface area contributed by atoms with Gasteiger partial charge in [0.15, 0.2) is 0 Å². The normalized spacial score (nSPS) is 29.3. The van der Waals surface area contributed by atoms with Crippen LogP contribution in [-0.2, 0) is 9.59 Å². The predicted octanol–water partition coefficient (Wildman–Crippen LogP) is 2.74. The summed E-state index contributed by atoms with van der Waals surface area (Å²) < 4.78 is 5.23. The van der Waals surface area contributed by atoms with Crippen LogP contribution in [0.2, 0.25) is 0 Å². The van der Waals surface area contributed by atoms with E-state index in [9.17, 15) is 9.59 Å². The Labute approximate surface area is 148 Å². The smallest absolute Gasteiger partial charge is 0.234 e. The summed E-state index contributed by atoms with van der Waals surface area (Å²) in [5.41, 5.74) is 1.22. The van der Waals surface area contributed by atoms with E-state index in [0.29, 0.717) is 19.5 Å². The van der Waals surface area contributed by atoms with Crippen LogP contribution in [0, 0.1) is 11.8 Å². The van der Waals surface area contributed by atoms with Crippen LogP contribution in [0.15, 0.2) is 36.4 Å². The lowest BCUT2D eigenvalue weighted by Gasteiger charge is -2.29. The van der Waals surface area contributed by atoms with Crippen molar-refractivity contribution < 1.29 is 14.3 Å². The summed E-state index contributed by atoms with van der Waals surface area (Å²) in [6.07, 6.45) is 7.61. The zero-order valence-electron chi connectivity index (χ0n) is 14.6. The summed E-state index contributed by atoms with van der Waals surface area (Å²) in [5.74, 6) is 0.591. The number of hydrogen-bond acceptors (Lipinski definition) is 4. The molecular weight excluding hydrogens is 316 g/mol. The van der Waals surface area contributed by atoms with Crippen molar-refractivity contribution in [3.63, 3.8) is 0 Å². The van der Waals surface area contributed by atoms with Gasteiger partial charge >= 0.3 is 0 Å². The first-order valence-corrected chi connectivity index (χ1v) is 9.07. The Kier molecular flexibility index (Phi) is 4.34. The van der Waals surface area contributed by atoms with Crippen molar-refractivity contribution in [2.75, 3.05) is 20.3 Å². The van der Waals surface area contributed by atoms with Gasteiger partial charge in [0.05, 0.1) is 25.6 Å². The Morgan fingerprint density at radius 2 is 1.68 bits per heavy atom. The molecule has 3 aliphatic rings. The molecular formula is C20H24N2O3. The van der Waals surface area contributed by atoms with Crippen LogP contribution in [0.4, 0.5) is 0 Å².